The first-order valence-corrected chi connectivity index (χ1v) is 8.51. The number of carbonyl (C=O) groups is 1. The Kier molecular flexibility index (Phi) is 5.80. The number of amides is 1. The molecule has 0 spiro atoms. The molecule has 0 fully saturated rings. The Hall–Kier alpha value is -2.66. The summed E-state index contributed by atoms with van der Waals surface area (Å²) < 4.78 is 7.09. The predicted molar refractivity (Wildman–Crippen MR) is 98.5 cm³/mol. The van der Waals surface area contributed by atoms with E-state index in [1.807, 2.05) is 24.3 Å². The molecule has 25 heavy (non-hydrogen) atoms. The van der Waals surface area contributed by atoms with Crippen molar-refractivity contribution in [2.45, 2.75) is 19.4 Å². The zero-order chi connectivity index (χ0) is 17.5. The maximum Gasteiger partial charge on any atom is 0.245 e. The molecular formula is C20H23N3O2. The Morgan fingerprint density at radius 2 is 1.84 bits per heavy atom. The van der Waals surface area contributed by atoms with Crippen LogP contribution >= 0.6 is 0 Å². The van der Waals surface area contributed by atoms with E-state index in [2.05, 4.69) is 40.2 Å². The topological polar surface area (TPSA) is 56.1 Å². The van der Waals surface area contributed by atoms with Gasteiger partial charge in [-0.15, -0.1) is 0 Å². The molecular weight excluding hydrogens is 314 g/mol. The molecule has 0 aliphatic rings. The summed E-state index contributed by atoms with van der Waals surface area (Å²) in [6.07, 6.45) is 1.64. The number of imidazole rings is 1. The molecule has 3 aromatic rings. The van der Waals surface area contributed by atoms with Crippen LogP contribution in [-0.4, -0.2) is 35.7 Å². The zero-order valence-electron chi connectivity index (χ0n) is 14.4. The highest BCUT2D eigenvalue weighted by atomic mass is 16.5. The van der Waals surface area contributed by atoms with E-state index in [-0.39, 0.29) is 12.5 Å². The van der Waals surface area contributed by atoms with Gasteiger partial charge in [-0.25, -0.2) is 4.98 Å². The van der Waals surface area contributed by atoms with Crippen molar-refractivity contribution in [2.75, 3.05) is 20.3 Å². The van der Waals surface area contributed by atoms with E-state index in [0.29, 0.717) is 13.0 Å². The van der Waals surface area contributed by atoms with Crippen LogP contribution in [0.3, 0.4) is 0 Å². The van der Waals surface area contributed by atoms with E-state index in [9.17, 15) is 4.79 Å². The Balaban J connectivity index is 1.74. The molecule has 3 rings (SSSR count). The van der Waals surface area contributed by atoms with Crippen molar-refractivity contribution >= 4 is 16.9 Å². The number of aromatic nitrogens is 2. The SMILES string of the molecule is COCC(=O)NCCc1nc2ccccc2n1CCc1ccccc1. The molecule has 1 heterocycles. The van der Waals surface area contributed by atoms with Crippen molar-refractivity contribution < 1.29 is 9.53 Å². The first-order valence-electron chi connectivity index (χ1n) is 8.51. The fourth-order valence-electron chi connectivity index (χ4n) is 2.95. The monoisotopic (exact) mass is 337 g/mol. The van der Waals surface area contributed by atoms with Gasteiger partial charge in [-0.05, 0) is 24.1 Å². The molecule has 1 amide bonds. The molecule has 5 heteroatoms. The largest absolute Gasteiger partial charge is 0.375 e. The second-order valence-electron chi connectivity index (χ2n) is 5.94. The normalized spacial score (nSPS) is 10.9. The smallest absolute Gasteiger partial charge is 0.245 e. The molecule has 0 saturated carbocycles. The molecule has 0 aliphatic heterocycles. The first-order chi connectivity index (χ1) is 12.3. The molecule has 130 valence electrons. The van der Waals surface area contributed by atoms with Gasteiger partial charge in [0.1, 0.15) is 12.4 Å². The molecule has 0 bridgehead atoms. The molecule has 0 radical (unpaired) electrons. The van der Waals surface area contributed by atoms with Crippen LogP contribution in [0.25, 0.3) is 11.0 Å². The minimum atomic E-state index is -0.102. The Bertz CT molecular complexity index is 827. The summed E-state index contributed by atoms with van der Waals surface area (Å²) in [5, 5.41) is 2.86. The van der Waals surface area contributed by atoms with Crippen LogP contribution in [0.15, 0.2) is 54.6 Å². The van der Waals surface area contributed by atoms with Crippen LogP contribution in [0.5, 0.6) is 0 Å². The average Bonchev–Trinajstić information content (AvgIpc) is 2.98. The van der Waals surface area contributed by atoms with Crippen molar-refractivity contribution in [1.29, 1.82) is 0 Å². The van der Waals surface area contributed by atoms with Gasteiger partial charge in [0.05, 0.1) is 11.0 Å². The van der Waals surface area contributed by atoms with Gasteiger partial charge in [0.25, 0.3) is 0 Å². The van der Waals surface area contributed by atoms with Crippen molar-refractivity contribution in [3.63, 3.8) is 0 Å². The van der Waals surface area contributed by atoms with Crippen LogP contribution in [0.2, 0.25) is 0 Å². The molecule has 2 aromatic carbocycles. The van der Waals surface area contributed by atoms with Crippen molar-refractivity contribution in [3.05, 3.63) is 66.0 Å². The highest BCUT2D eigenvalue weighted by Gasteiger charge is 2.11. The summed E-state index contributed by atoms with van der Waals surface area (Å²) in [5.41, 5.74) is 3.44. The van der Waals surface area contributed by atoms with Crippen molar-refractivity contribution in [1.82, 2.24) is 14.9 Å². The lowest BCUT2D eigenvalue weighted by Crippen LogP contribution is -2.29. The van der Waals surface area contributed by atoms with E-state index >= 15 is 0 Å². The Morgan fingerprint density at radius 1 is 1.08 bits per heavy atom. The first kappa shape index (κ1) is 17.2. The third-order valence-corrected chi connectivity index (χ3v) is 4.15. The Labute approximate surface area is 147 Å². The lowest BCUT2D eigenvalue weighted by Gasteiger charge is -2.10. The van der Waals surface area contributed by atoms with Crippen LogP contribution in [0, 0.1) is 0 Å². The van der Waals surface area contributed by atoms with Gasteiger partial charge in [-0.3, -0.25) is 4.79 Å². The summed E-state index contributed by atoms with van der Waals surface area (Å²) in [7, 11) is 1.52. The summed E-state index contributed by atoms with van der Waals surface area (Å²) >= 11 is 0. The van der Waals surface area contributed by atoms with E-state index in [1.54, 1.807) is 0 Å². The molecule has 0 saturated heterocycles. The number of benzene rings is 2. The lowest BCUT2D eigenvalue weighted by atomic mass is 10.1. The number of para-hydroxylation sites is 2. The fourth-order valence-corrected chi connectivity index (χ4v) is 2.95. The lowest BCUT2D eigenvalue weighted by molar-refractivity contribution is -0.124. The van der Waals surface area contributed by atoms with Crippen LogP contribution < -0.4 is 5.32 Å². The minimum Gasteiger partial charge on any atom is -0.375 e. The number of rotatable bonds is 8. The number of fused-ring (bicyclic) bond motifs is 1. The average molecular weight is 337 g/mol. The number of methoxy groups -OCH3 is 1. The molecule has 1 N–H and O–H groups in total. The molecule has 0 atom stereocenters. The van der Waals surface area contributed by atoms with E-state index in [4.69, 9.17) is 9.72 Å². The zero-order valence-corrected chi connectivity index (χ0v) is 14.4. The van der Waals surface area contributed by atoms with Crippen molar-refractivity contribution in [3.8, 4) is 0 Å². The highest BCUT2D eigenvalue weighted by molar-refractivity contribution is 5.77. The quantitative estimate of drug-likeness (QED) is 0.687. The predicted octanol–water partition coefficient (Wildman–Crippen LogP) is 2.58. The van der Waals surface area contributed by atoms with Crippen molar-refractivity contribution in [2.24, 2.45) is 0 Å². The van der Waals surface area contributed by atoms with Gasteiger partial charge in [-0.1, -0.05) is 42.5 Å². The molecule has 5 nitrogen and oxygen atoms in total. The maximum absolute atomic E-state index is 11.5. The highest BCUT2D eigenvalue weighted by Crippen LogP contribution is 2.17. The van der Waals surface area contributed by atoms with E-state index in [1.165, 1.54) is 12.7 Å². The number of nitrogens with zero attached hydrogens (tertiary/aromatic N) is 2. The van der Waals surface area contributed by atoms with Gasteiger partial charge < -0.3 is 14.6 Å². The summed E-state index contributed by atoms with van der Waals surface area (Å²) in [6, 6.07) is 18.6. The maximum atomic E-state index is 11.5. The molecule has 0 aliphatic carbocycles. The van der Waals surface area contributed by atoms with Crippen LogP contribution in [0.1, 0.15) is 11.4 Å². The summed E-state index contributed by atoms with van der Waals surface area (Å²) in [5.74, 6) is 0.893. The van der Waals surface area contributed by atoms with Gasteiger partial charge in [0.15, 0.2) is 0 Å². The van der Waals surface area contributed by atoms with E-state index in [0.717, 1.165) is 29.8 Å². The molecule has 0 unspecified atom stereocenters. The number of hydrogen-bond donors (Lipinski definition) is 1. The third-order valence-electron chi connectivity index (χ3n) is 4.15. The van der Waals surface area contributed by atoms with Crippen LogP contribution in [-0.2, 0) is 28.9 Å². The minimum absolute atomic E-state index is 0.0877. The summed E-state index contributed by atoms with van der Waals surface area (Å²) in [6.45, 7) is 1.51. The van der Waals surface area contributed by atoms with Gasteiger partial charge in [0.2, 0.25) is 5.91 Å². The third kappa shape index (κ3) is 4.45. The summed E-state index contributed by atoms with van der Waals surface area (Å²) in [4.78, 5) is 16.3. The number of ether oxygens (including phenoxy) is 1. The standard InChI is InChI=1S/C20H23N3O2/c1-25-15-20(24)21-13-11-19-22-17-9-5-6-10-18(17)23(19)14-12-16-7-3-2-4-8-16/h2-10H,11-15H2,1H3,(H,21,24). The van der Waals surface area contributed by atoms with Gasteiger partial charge in [-0.2, -0.15) is 0 Å². The Morgan fingerprint density at radius 3 is 2.64 bits per heavy atom. The van der Waals surface area contributed by atoms with E-state index < -0.39 is 0 Å². The van der Waals surface area contributed by atoms with Gasteiger partial charge in [0, 0.05) is 26.6 Å². The fraction of sp³-hybridized carbons (Fsp3) is 0.300. The number of hydrogen-bond acceptors (Lipinski definition) is 3. The second-order valence-corrected chi connectivity index (χ2v) is 5.94. The second kappa shape index (κ2) is 8.44. The number of carbonyl (C=O) groups excluding carboxylic acids is 1. The molecule has 1 aromatic heterocycles. The van der Waals surface area contributed by atoms with Crippen LogP contribution in [0.4, 0.5) is 0 Å². The number of aryl methyl sites for hydroxylation is 2. The number of nitrogens with one attached hydrogen (secondary N) is 1. The van der Waals surface area contributed by atoms with Gasteiger partial charge >= 0.3 is 0 Å².